The number of aromatic nitrogens is 3. The van der Waals surface area contributed by atoms with Crippen LogP contribution in [-0.2, 0) is 22.7 Å². The molecule has 1 aliphatic heterocycles. The van der Waals surface area contributed by atoms with Gasteiger partial charge in [0.1, 0.15) is 11.0 Å². The zero-order chi connectivity index (χ0) is 17.9. The third-order valence-electron chi connectivity index (χ3n) is 4.47. The summed E-state index contributed by atoms with van der Waals surface area (Å²) < 4.78 is 8.37. The molecule has 4 rings (SSSR count). The normalized spacial score (nSPS) is 17.0. The Morgan fingerprint density at radius 2 is 2.12 bits per heavy atom. The molecule has 26 heavy (non-hydrogen) atoms. The minimum atomic E-state index is -0.316. The molecule has 1 saturated heterocycles. The van der Waals surface area contributed by atoms with Gasteiger partial charge in [-0.1, -0.05) is 12.1 Å². The number of pyridine rings is 1. The van der Waals surface area contributed by atoms with Crippen LogP contribution in [0.5, 0.6) is 0 Å². The van der Waals surface area contributed by atoms with Crippen LogP contribution in [0.25, 0.3) is 11.0 Å². The van der Waals surface area contributed by atoms with Crippen LogP contribution in [0.15, 0.2) is 42.7 Å². The third kappa shape index (κ3) is 3.55. The van der Waals surface area contributed by atoms with Gasteiger partial charge in [-0.2, -0.15) is 8.75 Å². The topological polar surface area (TPSA) is 88.1 Å². The molecule has 0 radical (unpaired) electrons. The molecule has 0 spiro atoms. The van der Waals surface area contributed by atoms with Crippen molar-refractivity contribution in [2.75, 3.05) is 6.54 Å². The van der Waals surface area contributed by atoms with Crippen molar-refractivity contribution in [1.82, 2.24) is 23.9 Å². The Bertz CT molecular complexity index is 943. The van der Waals surface area contributed by atoms with Gasteiger partial charge in [-0.15, -0.1) is 0 Å². The summed E-state index contributed by atoms with van der Waals surface area (Å²) in [5, 5.41) is 2.93. The quantitative estimate of drug-likeness (QED) is 0.742. The number of benzene rings is 1. The zero-order valence-corrected chi connectivity index (χ0v) is 14.8. The fourth-order valence-corrected chi connectivity index (χ4v) is 3.60. The molecule has 8 heteroatoms. The third-order valence-corrected chi connectivity index (χ3v) is 5.02. The summed E-state index contributed by atoms with van der Waals surface area (Å²) in [6.45, 7) is 1.35. The predicted octanol–water partition coefficient (Wildman–Crippen LogP) is 1.75. The van der Waals surface area contributed by atoms with Gasteiger partial charge >= 0.3 is 0 Å². The molecular weight excluding hydrogens is 350 g/mol. The number of amides is 2. The monoisotopic (exact) mass is 367 g/mol. The molecule has 1 unspecified atom stereocenters. The average Bonchev–Trinajstić information content (AvgIpc) is 3.27. The van der Waals surface area contributed by atoms with Crippen LogP contribution >= 0.6 is 11.7 Å². The van der Waals surface area contributed by atoms with Crippen LogP contribution in [0.4, 0.5) is 0 Å². The first-order chi connectivity index (χ1) is 12.7. The molecule has 1 aliphatic rings. The Morgan fingerprint density at radius 3 is 2.96 bits per heavy atom. The van der Waals surface area contributed by atoms with Crippen LogP contribution in [0.2, 0.25) is 0 Å². The molecule has 2 aromatic heterocycles. The number of carbonyl (C=O) groups is 2. The van der Waals surface area contributed by atoms with Gasteiger partial charge in [0.2, 0.25) is 11.8 Å². The molecule has 1 fully saturated rings. The van der Waals surface area contributed by atoms with Crippen molar-refractivity contribution in [3.05, 3.63) is 53.9 Å². The molecule has 1 atom stereocenters. The number of nitrogens with zero attached hydrogens (tertiary/aromatic N) is 4. The fourth-order valence-electron chi connectivity index (χ4n) is 3.08. The average molecular weight is 367 g/mol. The summed E-state index contributed by atoms with van der Waals surface area (Å²) in [4.78, 5) is 30.4. The molecule has 7 nitrogen and oxygen atoms in total. The van der Waals surface area contributed by atoms with Gasteiger partial charge in [0, 0.05) is 38.4 Å². The van der Waals surface area contributed by atoms with Gasteiger partial charge in [-0.3, -0.25) is 14.6 Å². The molecule has 3 heterocycles. The summed E-state index contributed by atoms with van der Waals surface area (Å²) in [6.07, 6.45) is 3.69. The van der Waals surface area contributed by atoms with E-state index in [0.717, 1.165) is 22.2 Å². The molecule has 0 aliphatic carbocycles. The van der Waals surface area contributed by atoms with Crippen molar-refractivity contribution in [2.24, 2.45) is 5.92 Å². The lowest BCUT2D eigenvalue weighted by molar-refractivity contribution is -0.129. The second kappa shape index (κ2) is 7.17. The summed E-state index contributed by atoms with van der Waals surface area (Å²) in [5.41, 5.74) is 3.63. The largest absolute Gasteiger partial charge is 0.352 e. The van der Waals surface area contributed by atoms with Crippen LogP contribution < -0.4 is 5.32 Å². The number of fused-ring (bicyclic) bond motifs is 1. The van der Waals surface area contributed by atoms with Crippen LogP contribution in [0, 0.1) is 5.92 Å². The van der Waals surface area contributed by atoms with Gasteiger partial charge in [0.25, 0.3) is 0 Å². The van der Waals surface area contributed by atoms with Gasteiger partial charge in [-0.25, -0.2) is 0 Å². The Labute approximate surface area is 154 Å². The summed E-state index contributed by atoms with van der Waals surface area (Å²) in [7, 11) is 0. The Morgan fingerprint density at radius 1 is 1.23 bits per heavy atom. The van der Waals surface area contributed by atoms with Crippen LogP contribution in [-0.4, -0.2) is 37.0 Å². The van der Waals surface area contributed by atoms with E-state index < -0.39 is 0 Å². The van der Waals surface area contributed by atoms with E-state index in [1.165, 1.54) is 11.7 Å². The zero-order valence-electron chi connectivity index (χ0n) is 14.0. The van der Waals surface area contributed by atoms with Gasteiger partial charge < -0.3 is 10.2 Å². The first-order valence-corrected chi connectivity index (χ1v) is 9.07. The number of nitrogens with one attached hydrogen (secondary N) is 1. The first kappa shape index (κ1) is 16.6. The standard InChI is InChI=1S/C18H17N5O2S/c24-17-7-14(11-23(17)10-13-2-1-5-19-8-13)18(25)20-9-12-3-4-15-16(6-12)22-26-21-15/h1-6,8,14H,7,9-11H2,(H,20,25). The number of hydrogen-bond acceptors (Lipinski definition) is 6. The van der Waals surface area contributed by atoms with Crippen molar-refractivity contribution in [3.8, 4) is 0 Å². The molecule has 0 saturated carbocycles. The van der Waals surface area contributed by atoms with E-state index in [1.807, 2.05) is 30.3 Å². The fraction of sp³-hybridized carbons (Fsp3) is 0.278. The first-order valence-electron chi connectivity index (χ1n) is 8.34. The molecule has 1 N–H and O–H groups in total. The van der Waals surface area contributed by atoms with Gasteiger partial charge in [0.15, 0.2) is 0 Å². The maximum Gasteiger partial charge on any atom is 0.225 e. The van der Waals surface area contributed by atoms with E-state index in [9.17, 15) is 9.59 Å². The van der Waals surface area contributed by atoms with Crippen LogP contribution in [0.3, 0.4) is 0 Å². The lowest BCUT2D eigenvalue weighted by atomic mass is 10.1. The molecule has 0 bridgehead atoms. The summed E-state index contributed by atoms with van der Waals surface area (Å²) in [6, 6.07) is 9.52. The number of likely N-dealkylation sites (tertiary alicyclic amines) is 1. The van der Waals surface area contributed by atoms with Crippen LogP contribution in [0.1, 0.15) is 17.5 Å². The Balaban J connectivity index is 1.34. The van der Waals surface area contributed by atoms with E-state index in [1.54, 1.807) is 17.3 Å². The Hall–Kier alpha value is -2.87. The second-order valence-electron chi connectivity index (χ2n) is 6.34. The van der Waals surface area contributed by atoms with Gasteiger partial charge in [0.05, 0.1) is 17.6 Å². The minimum Gasteiger partial charge on any atom is -0.352 e. The highest BCUT2D eigenvalue weighted by Gasteiger charge is 2.34. The van der Waals surface area contributed by atoms with Crippen molar-refractivity contribution in [2.45, 2.75) is 19.5 Å². The maximum absolute atomic E-state index is 12.4. The molecule has 2 amide bonds. The number of carbonyl (C=O) groups excluding carboxylic acids is 2. The Kier molecular flexibility index (Phi) is 4.57. The second-order valence-corrected chi connectivity index (χ2v) is 6.87. The van der Waals surface area contributed by atoms with Crippen molar-refractivity contribution < 1.29 is 9.59 Å². The van der Waals surface area contributed by atoms with Gasteiger partial charge in [-0.05, 0) is 29.3 Å². The van der Waals surface area contributed by atoms with E-state index in [0.29, 0.717) is 19.6 Å². The highest BCUT2D eigenvalue weighted by molar-refractivity contribution is 7.00. The van der Waals surface area contributed by atoms with E-state index in [2.05, 4.69) is 19.0 Å². The lowest BCUT2D eigenvalue weighted by Crippen LogP contribution is -2.32. The molecular formula is C18H17N5O2S. The van der Waals surface area contributed by atoms with Crippen molar-refractivity contribution in [3.63, 3.8) is 0 Å². The van der Waals surface area contributed by atoms with E-state index in [4.69, 9.17) is 0 Å². The lowest BCUT2D eigenvalue weighted by Gasteiger charge is -2.16. The predicted molar refractivity (Wildman–Crippen MR) is 97.0 cm³/mol. The summed E-state index contributed by atoms with van der Waals surface area (Å²) >= 11 is 1.17. The maximum atomic E-state index is 12.4. The SMILES string of the molecule is O=C(NCc1ccc2nsnc2c1)C1CC(=O)N(Cc2cccnc2)C1. The molecule has 3 aromatic rings. The molecule has 1 aromatic carbocycles. The minimum absolute atomic E-state index is 0.00368. The van der Waals surface area contributed by atoms with Crippen molar-refractivity contribution >= 4 is 34.6 Å². The van der Waals surface area contributed by atoms with Crippen molar-refractivity contribution in [1.29, 1.82) is 0 Å². The smallest absolute Gasteiger partial charge is 0.225 e. The van der Waals surface area contributed by atoms with E-state index in [-0.39, 0.29) is 24.2 Å². The molecule has 132 valence electrons. The highest BCUT2D eigenvalue weighted by Crippen LogP contribution is 2.20. The van der Waals surface area contributed by atoms with E-state index >= 15 is 0 Å². The summed E-state index contributed by atoms with van der Waals surface area (Å²) in [5.74, 6) is -0.406. The highest BCUT2D eigenvalue weighted by atomic mass is 32.1. The number of rotatable bonds is 5. The number of hydrogen-bond donors (Lipinski definition) is 1.